The zero-order chi connectivity index (χ0) is 15.8. The van der Waals surface area contributed by atoms with Crippen LogP contribution in [-0.4, -0.2) is 23.4 Å². The molecule has 0 spiro atoms. The van der Waals surface area contributed by atoms with Crippen molar-refractivity contribution >= 4 is 24.0 Å². The molecule has 0 saturated carbocycles. The second kappa shape index (κ2) is 10.1. The molecule has 7 heteroatoms. The van der Waals surface area contributed by atoms with E-state index in [0.717, 1.165) is 19.3 Å². The van der Waals surface area contributed by atoms with E-state index in [0.29, 0.717) is 24.1 Å². The first-order valence-electron chi connectivity index (χ1n) is 7.31. The van der Waals surface area contributed by atoms with Gasteiger partial charge in [0.25, 0.3) is 11.6 Å². The van der Waals surface area contributed by atoms with Crippen molar-refractivity contribution in [1.29, 1.82) is 0 Å². The molecule has 0 bridgehead atoms. The van der Waals surface area contributed by atoms with Gasteiger partial charge in [0, 0.05) is 29.8 Å². The Morgan fingerprint density at radius 1 is 1.41 bits per heavy atom. The second-order valence-corrected chi connectivity index (χ2v) is 5.00. The Morgan fingerprint density at radius 3 is 2.59 bits per heavy atom. The molecule has 0 aromatic heterocycles. The largest absolute Gasteiger partial charge is 0.348 e. The standard InChI is InChI=1S/C15H23N3O3.ClH/c1-3-5-6-13(10-16)17-15(19)12-8-7-11(4-2)14(9-12)18(20)21;/h7-9,13H,3-6,10,16H2,1-2H3,(H,17,19);1H. The van der Waals surface area contributed by atoms with Crippen molar-refractivity contribution in [2.75, 3.05) is 6.54 Å². The molecule has 0 saturated heterocycles. The van der Waals surface area contributed by atoms with Crippen LogP contribution in [-0.2, 0) is 6.42 Å². The van der Waals surface area contributed by atoms with Crippen molar-refractivity contribution < 1.29 is 9.72 Å². The van der Waals surface area contributed by atoms with Crippen LogP contribution in [0.2, 0.25) is 0 Å². The fourth-order valence-corrected chi connectivity index (χ4v) is 2.14. The summed E-state index contributed by atoms with van der Waals surface area (Å²) >= 11 is 0. The summed E-state index contributed by atoms with van der Waals surface area (Å²) in [6, 6.07) is 4.49. The minimum atomic E-state index is -0.451. The Balaban J connectivity index is 0.00000441. The molecule has 22 heavy (non-hydrogen) atoms. The number of rotatable bonds is 8. The first-order valence-corrected chi connectivity index (χ1v) is 7.31. The lowest BCUT2D eigenvalue weighted by molar-refractivity contribution is -0.385. The van der Waals surface area contributed by atoms with Crippen LogP contribution in [0.4, 0.5) is 5.69 Å². The molecule has 1 aromatic carbocycles. The lowest BCUT2D eigenvalue weighted by Crippen LogP contribution is -2.40. The van der Waals surface area contributed by atoms with Crippen LogP contribution in [0.5, 0.6) is 0 Å². The van der Waals surface area contributed by atoms with Crippen LogP contribution in [0.1, 0.15) is 49.0 Å². The highest BCUT2D eigenvalue weighted by Gasteiger charge is 2.18. The highest BCUT2D eigenvalue weighted by atomic mass is 35.5. The molecule has 0 heterocycles. The number of nitrogens with zero attached hydrogens (tertiary/aromatic N) is 1. The van der Waals surface area contributed by atoms with E-state index in [-0.39, 0.29) is 30.0 Å². The number of halogens is 1. The summed E-state index contributed by atoms with van der Waals surface area (Å²) < 4.78 is 0. The van der Waals surface area contributed by atoms with Gasteiger partial charge in [-0.05, 0) is 18.9 Å². The number of benzene rings is 1. The van der Waals surface area contributed by atoms with Crippen molar-refractivity contribution in [2.45, 2.75) is 45.6 Å². The van der Waals surface area contributed by atoms with Gasteiger partial charge in [-0.15, -0.1) is 12.4 Å². The Morgan fingerprint density at radius 2 is 2.09 bits per heavy atom. The van der Waals surface area contributed by atoms with Gasteiger partial charge in [-0.3, -0.25) is 14.9 Å². The Labute approximate surface area is 137 Å². The number of nitro benzene ring substituents is 1. The number of nitrogens with two attached hydrogens (primary N) is 1. The molecule has 1 aromatic rings. The highest BCUT2D eigenvalue weighted by Crippen LogP contribution is 2.21. The number of carbonyl (C=O) groups is 1. The molecule has 1 unspecified atom stereocenters. The predicted molar refractivity (Wildman–Crippen MR) is 89.6 cm³/mol. The van der Waals surface area contributed by atoms with Gasteiger partial charge in [0.1, 0.15) is 0 Å². The van der Waals surface area contributed by atoms with E-state index in [1.165, 1.54) is 6.07 Å². The molecule has 0 aliphatic heterocycles. The summed E-state index contributed by atoms with van der Waals surface area (Å²) in [6.07, 6.45) is 3.38. The Kier molecular flexibility index (Phi) is 9.37. The van der Waals surface area contributed by atoms with Crippen LogP contribution in [0, 0.1) is 10.1 Å². The maximum atomic E-state index is 12.2. The highest BCUT2D eigenvalue weighted by molar-refractivity contribution is 5.95. The van der Waals surface area contributed by atoms with Crippen molar-refractivity contribution in [3.05, 3.63) is 39.4 Å². The SMILES string of the molecule is CCCCC(CN)NC(=O)c1ccc(CC)c([N+](=O)[O-])c1.Cl. The summed E-state index contributed by atoms with van der Waals surface area (Å²) in [4.78, 5) is 22.7. The molecule has 124 valence electrons. The molecule has 0 radical (unpaired) electrons. The smallest absolute Gasteiger partial charge is 0.273 e. The molecule has 1 atom stereocenters. The molecule has 0 aliphatic carbocycles. The molecule has 1 amide bonds. The van der Waals surface area contributed by atoms with Crippen LogP contribution in [0.3, 0.4) is 0 Å². The average molecular weight is 330 g/mol. The van der Waals surface area contributed by atoms with Crippen LogP contribution >= 0.6 is 12.4 Å². The molecular weight excluding hydrogens is 306 g/mol. The fraction of sp³-hybridized carbons (Fsp3) is 0.533. The zero-order valence-electron chi connectivity index (χ0n) is 13.0. The van der Waals surface area contributed by atoms with Gasteiger partial charge in [0.2, 0.25) is 0 Å². The predicted octanol–water partition coefficient (Wildman–Crippen LogP) is 2.83. The van der Waals surface area contributed by atoms with E-state index in [1.807, 2.05) is 6.92 Å². The number of unbranched alkanes of at least 4 members (excludes halogenated alkanes) is 1. The summed E-state index contributed by atoms with van der Waals surface area (Å²) in [5, 5.41) is 13.9. The summed E-state index contributed by atoms with van der Waals surface area (Å²) in [6.45, 7) is 4.28. The Hall–Kier alpha value is -1.66. The lowest BCUT2D eigenvalue weighted by atomic mass is 10.1. The molecule has 3 N–H and O–H groups in total. The minimum Gasteiger partial charge on any atom is -0.348 e. The first-order chi connectivity index (χ1) is 10.0. The lowest BCUT2D eigenvalue weighted by Gasteiger charge is -2.16. The van der Waals surface area contributed by atoms with E-state index >= 15 is 0 Å². The maximum absolute atomic E-state index is 12.2. The Bertz CT molecular complexity index is 509. The quantitative estimate of drug-likeness (QED) is 0.566. The third kappa shape index (κ3) is 5.61. The van der Waals surface area contributed by atoms with Gasteiger partial charge in [-0.1, -0.05) is 32.8 Å². The fourth-order valence-electron chi connectivity index (χ4n) is 2.14. The minimum absolute atomic E-state index is 0. The van der Waals surface area contributed by atoms with Gasteiger partial charge in [0.15, 0.2) is 0 Å². The summed E-state index contributed by atoms with van der Waals surface area (Å²) in [5.41, 5.74) is 6.55. The van der Waals surface area contributed by atoms with Crippen molar-refractivity contribution in [2.24, 2.45) is 5.73 Å². The first kappa shape index (κ1) is 20.3. The molecule has 0 fully saturated rings. The van der Waals surface area contributed by atoms with Gasteiger partial charge < -0.3 is 11.1 Å². The van der Waals surface area contributed by atoms with Crippen molar-refractivity contribution in [3.63, 3.8) is 0 Å². The van der Waals surface area contributed by atoms with E-state index in [1.54, 1.807) is 12.1 Å². The summed E-state index contributed by atoms with van der Waals surface area (Å²) in [7, 11) is 0. The molecule has 6 nitrogen and oxygen atoms in total. The normalized spacial score (nSPS) is 11.4. The van der Waals surface area contributed by atoms with Gasteiger partial charge in [-0.25, -0.2) is 0 Å². The van der Waals surface area contributed by atoms with Crippen molar-refractivity contribution in [1.82, 2.24) is 5.32 Å². The average Bonchev–Trinajstić information content (AvgIpc) is 2.50. The maximum Gasteiger partial charge on any atom is 0.273 e. The summed E-state index contributed by atoms with van der Waals surface area (Å²) in [5.74, 6) is -0.313. The topological polar surface area (TPSA) is 98.3 Å². The molecule has 0 aliphatic rings. The monoisotopic (exact) mass is 329 g/mol. The van der Waals surface area contributed by atoms with E-state index in [4.69, 9.17) is 5.73 Å². The second-order valence-electron chi connectivity index (χ2n) is 5.00. The third-order valence-corrected chi connectivity index (χ3v) is 3.45. The van der Waals surface area contributed by atoms with E-state index in [9.17, 15) is 14.9 Å². The van der Waals surface area contributed by atoms with Gasteiger partial charge in [-0.2, -0.15) is 0 Å². The van der Waals surface area contributed by atoms with Crippen LogP contribution in [0.25, 0.3) is 0 Å². The number of carbonyl (C=O) groups excluding carboxylic acids is 1. The van der Waals surface area contributed by atoms with Crippen LogP contribution < -0.4 is 11.1 Å². The zero-order valence-corrected chi connectivity index (χ0v) is 13.8. The van der Waals surface area contributed by atoms with Gasteiger partial charge >= 0.3 is 0 Å². The van der Waals surface area contributed by atoms with E-state index < -0.39 is 4.92 Å². The number of hydrogen-bond donors (Lipinski definition) is 2. The van der Waals surface area contributed by atoms with E-state index in [2.05, 4.69) is 12.2 Å². The number of nitrogens with one attached hydrogen (secondary N) is 1. The van der Waals surface area contributed by atoms with Crippen molar-refractivity contribution in [3.8, 4) is 0 Å². The number of hydrogen-bond acceptors (Lipinski definition) is 4. The molecule has 1 rings (SSSR count). The number of aryl methyl sites for hydroxylation is 1. The number of nitro groups is 1. The van der Waals surface area contributed by atoms with Gasteiger partial charge in [0.05, 0.1) is 4.92 Å². The van der Waals surface area contributed by atoms with Crippen LogP contribution in [0.15, 0.2) is 18.2 Å². The third-order valence-electron chi connectivity index (χ3n) is 3.45. The number of amides is 1. The molecular formula is C15H24ClN3O3.